The molecule has 0 unspecified atom stereocenters. The summed E-state index contributed by atoms with van der Waals surface area (Å²) in [6.07, 6.45) is 2.21. The third-order valence-electron chi connectivity index (χ3n) is 3.67. The second kappa shape index (κ2) is 8.72. The van der Waals surface area contributed by atoms with Gasteiger partial charge in [-0.2, -0.15) is 5.10 Å². The van der Waals surface area contributed by atoms with Gasteiger partial charge in [0.05, 0.1) is 20.8 Å². The van der Waals surface area contributed by atoms with E-state index in [2.05, 4.69) is 10.4 Å². The molecule has 0 atom stereocenters. The second-order valence-corrected chi connectivity index (χ2v) is 5.28. The molecule has 1 aromatic carbocycles. The predicted molar refractivity (Wildman–Crippen MR) is 90.1 cm³/mol. The van der Waals surface area contributed by atoms with Gasteiger partial charge >= 0.3 is 5.97 Å². The normalized spacial score (nSPS) is 10.3. The number of carboxylic acids is 1. The first-order chi connectivity index (χ1) is 12.0. The van der Waals surface area contributed by atoms with Crippen molar-refractivity contribution in [1.29, 1.82) is 0 Å². The first kappa shape index (κ1) is 18.3. The van der Waals surface area contributed by atoms with Gasteiger partial charge in [0.15, 0.2) is 11.5 Å². The Balaban J connectivity index is 1.79. The highest BCUT2D eigenvalue weighted by Crippen LogP contribution is 2.27. The third-order valence-corrected chi connectivity index (χ3v) is 3.67. The number of hydrogen-bond acceptors (Lipinski definition) is 5. The van der Waals surface area contributed by atoms with Crippen molar-refractivity contribution in [3.8, 4) is 11.5 Å². The Hall–Kier alpha value is -3.03. The number of aromatic nitrogens is 2. The van der Waals surface area contributed by atoms with Crippen LogP contribution in [0.5, 0.6) is 11.5 Å². The van der Waals surface area contributed by atoms with Crippen molar-refractivity contribution in [2.24, 2.45) is 0 Å². The number of carbonyl (C=O) groups is 2. The highest BCUT2D eigenvalue weighted by atomic mass is 16.5. The van der Waals surface area contributed by atoms with Gasteiger partial charge in [-0.3, -0.25) is 9.48 Å². The summed E-state index contributed by atoms with van der Waals surface area (Å²) >= 11 is 0. The number of benzene rings is 1. The first-order valence-electron chi connectivity index (χ1n) is 7.78. The number of rotatable bonds is 9. The quantitative estimate of drug-likeness (QED) is 0.710. The van der Waals surface area contributed by atoms with Crippen LogP contribution in [0, 0.1) is 0 Å². The molecule has 0 saturated heterocycles. The molecule has 8 heteroatoms. The van der Waals surface area contributed by atoms with Gasteiger partial charge in [0.2, 0.25) is 5.91 Å². The van der Waals surface area contributed by atoms with Gasteiger partial charge in [0.1, 0.15) is 5.69 Å². The maximum Gasteiger partial charge on any atom is 0.354 e. The number of nitrogens with one attached hydrogen (secondary N) is 1. The Bertz CT molecular complexity index is 742. The smallest absolute Gasteiger partial charge is 0.354 e. The number of hydrogen-bond donors (Lipinski definition) is 2. The molecule has 0 aliphatic carbocycles. The fraction of sp³-hybridized carbons (Fsp3) is 0.353. The minimum Gasteiger partial charge on any atom is -0.493 e. The zero-order valence-electron chi connectivity index (χ0n) is 14.2. The van der Waals surface area contributed by atoms with Crippen LogP contribution in [0.15, 0.2) is 30.5 Å². The zero-order chi connectivity index (χ0) is 18.2. The highest BCUT2D eigenvalue weighted by Gasteiger charge is 2.11. The van der Waals surface area contributed by atoms with Crippen molar-refractivity contribution in [2.75, 3.05) is 20.8 Å². The maximum atomic E-state index is 11.9. The van der Waals surface area contributed by atoms with Gasteiger partial charge in [0, 0.05) is 19.2 Å². The molecular formula is C17H21N3O5. The van der Waals surface area contributed by atoms with Crippen molar-refractivity contribution < 1.29 is 24.2 Å². The van der Waals surface area contributed by atoms with Crippen LogP contribution in [0.1, 0.15) is 22.5 Å². The Morgan fingerprint density at radius 2 is 1.96 bits per heavy atom. The van der Waals surface area contributed by atoms with Crippen LogP contribution < -0.4 is 14.8 Å². The number of methoxy groups -OCH3 is 2. The van der Waals surface area contributed by atoms with E-state index in [0.717, 1.165) is 5.56 Å². The topological polar surface area (TPSA) is 103 Å². The van der Waals surface area contributed by atoms with E-state index < -0.39 is 5.97 Å². The van der Waals surface area contributed by atoms with Crippen LogP contribution >= 0.6 is 0 Å². The Labute approximate surface area is 145 Å². The van der Waals surface area contributed by atoms with Crippen LogP contribution in [-0.2, 0) is 17.8 Å². The van der Waals surface area contributed by atoms with Crippen LogP contribution in [0.25, 0.3) is 0 Å². The maximum absolute atomic E-state index is 11.9. The van der Waals surface area contributed by atoms with Gasteiger partial charge < -0.3 is 19.9 Å². The molecule has 0 fully saturated rings. The Morgan fingerprint density at radius 3 is 2.64 bits per heavy atom. The molecular weight excluding hydrogens is 326 g/mol. The van der Waals surface area contributed by atoms with Gasteiger partial charge in [0.25, 0.3) is 0 Å². The molecule has 134 valence electrons. The average molecular weight is 347 g/mol. The van der Waals surface area contributed by atoms with Gasteiger partial charge in [-0.15, -0.1) is 0 Å². The van der Waals surface area contributed by atoms with Crippen molar-refractivity contribution in [1.82, 2.24) is 15.1 Å². The van der Waals surface area contributed by atoms with Crippen LogP contribution in [0.4, 0.5) is 0 Å². The number of carbonyl (C=O) groups excluding carboxylic acids is 1. The van der Waals surface area contributed by atoms with E-state index in [-0.39, 0.29) is 24.6 Å². The molecule has 0 radical (unpaired) electrons. The molecule has 0 aliphatic heterocycles. The fourth-order valence-electron chi connectivity index (χ4n) is 2.37. The van der Waals surface area contributed by atoms with Gasteiger partial charge in [-0.25, -0.2) is 4.79 Å². The lowest BCUT2D eigenvalue weighted by molar-refractivity contribution is -0.121. The van der Waals surface area contributed by atoms with E-state index in [9.17, 15) is 9.59 Å². The van der Waals surface area contributed by atoms with Crippen LogP contribution in [0.2, 0.25) is 0 Å². The van der Waals surface area contributed by atoms with Crippen LogP contribution in [-0.4, -0.2) is 47.5 Å². The third kappa shape index (κ3) is 4.97. The summed E-state index contributed by atoms with van der Waals surface area (Å²) in [4.78, 5) is 22.9. The van der Waals surface area contributed by atoms with Crippen molar-refractivity contribution in [2.45, 2.75) is 19.4 Å². The number of carboxylic acid groups (broad SMARTS) is 1. The number of aryl methyl sites for hydroxylation is 1. The SMILES string of the molecule is COc1ccc(CCNC(=O)CCn2nccc2C(=O)O)cc1OC. The molecule has 0 aliphatic rings. The number of aromatic carboxylic acids is 1. The molecule has 1 heterocycles. The fourth-order valence-corrected chi connectivity index (χ4v) is 2.37. The van der Waals surface area contributed by atoms with E-state index in [1.807, 2.05) is 18.2 Å². The largest absolute Gasteiger partial charge is 0.493 e. The van der Waals surface area contributed by atoms with Crippen molar-refractivity contribution in [3.63, 3.8) is 0 Å². The summed E-state index contributed by atoms with van der Waals surface area (Å²) in [5, 5.41) is 15.7. The zero-order valence-corrected chi connectivity index (χ0v) is 14.2. The summed E-state index contributed by atoms with van der Waals surface area (Å²) < 4.78 is 11.7. The number of ether oxygens (including phenoxy) is 2. The summed E-state index contributed by atoms with van der Waals surface area (Å²) in [6.45, 7) is 0.691. The van der Waals surface area contributed by atoms with E-state index in [1.54, 1.807) is 14.2 Å². The monoisotopic (exact) mass is 347 g/mol. The Kier molecular flexibility index (Phi) is 6.39. The van der Waals surface area contributed by atoms with Gasteiger partial charge in [-0.1, -0.05) is 6.07 Å². The molecule has 8 nitrogen and oxygen atoms in total. The highest BCUT2D eigenvalue weighted by molar-refractivity contribution is 5.85. The van der Waals surface area contributed by atoms with E-state index in [1.165, 1.54) is 16.9 Å². The molecule has 1 amide bonds. The molecule has 1 aromatic heterocycles. The van der Waals surface area contributed by atoms with E-state index in [0.29, 0.717) is 24.5 Å². The number of nitrogens with zero attached hydrogens (tertiary/aromatic N) is 2. The first-order valence-corrected chi connectivity index (χ1v) is 7.78. The lowest BCUT2D eigenvalue weighted by Crippen LogP contribution is -2.27. The van der Waals surface area contributed by atoms with E-state index in [4.69, 9.17) is 14.6 Å². The lowest BCUT2D eigenvalue weighted by atomic mass is 10.1. The summed E-state index contributed by atoms with van der Waals surface area (Å²) in [5.41, 5.74) is 1.08. The average Bonchev–Trinajstić information content (AvgIpc) is 3.08. The summed E-state index contributed by atoms with van der Waals surface area (Å²) in [7, 11) is 3.15. The minimum absolute atomic E-state index is 0.0677. The summed E-state index contributed by atoms with van der Waals surface area (Å²) in [6, 6.07) is 7.00. The lowest BCUT2D eigenvalue weighted by Gasteiger charge is -2.10. The standard InChI is InChI=1S/C17H21N3O5/c1-24-14-4-3-12(11-15(14)25-2)5-8-18-16(21)7-10-20-13(17(22)23)6-9-19-20/h3-4,6,9,11H,5,7-8,10H2,1-2H3,(H,18,21)(H,22,23). The van der Waals surface area contributed by atoms with Crippen LogP contribution in [0.3, 0.4) is 0 Å². The Morgan fingerprint density at radius 1 is 1.20 bits per heavy atom. The number of amides is 1. The summed E-state index contributed by atoms with van der Waals surface area (Å²) in [5.74, 6) is 0.0774. The van der Waals surface area contributed by atoms with E-state index >= 15 is 0 Å². The van der Waals surface area contributed by atoms with Gasteiger partial charge in [-0.05, 0) is 30.2 Å². The predicted octanol–water partition coefficient (Wildman–Crippen LogP) is 1.35. The van der Waals surface area contributed by atoms with Crippen molar-refractivity contribution >= 4 is 11.9 Å². The molecule has 0 bridgehead atoms. The molecule has 2 N–H and O–H groups in total. The molecule has 25 heavy (non-hydrogen) atoms. The minimum atomic E-state index is -1.06. The molecule has 0 saturated carbocycles. The second-order valence-electron chi connectivity index (χ2n) is 5.28. The van der Waals surface area contributed by atoms with Crippen molar-refractivity contribution in [3.05, 3.63) is 41.7 Å². The molecule has 0 spiro atoms. The molecule has 2 rings (SSSR count). The molecule has 2 aromatic rings.